The summed E-state index contributed by atoms with van der Waals surface area (Å²) in [5, 5.41) is 0.818. The molecule has 0 bridgehead atoms. The minimum atomic E-state index is -0.597. The predicted molar refractivity (Wildman–Crippen MR) is 106 cm³/mol. The number of carbonyl (C=O) groups is 2. The summed E-state index contributed by atoms with van der Waals surface area (Å²) < 4.78 is 16.2. The molecule has 146 valence electrons. The molecule has 0 saturated heterocycles. The van der Waals surface area contributed by atoms with E-state index in [4.69, 9.17) is 14.2 Å². The zero-order chi connectivity index (χ0) is 20.3. The van der Waals surface area contributed by atoms with Crippen LogP contribution in [0.1, 0.15) is 40.3 Å². The Morgan fingerprint density at radius 2 is 1.82 bits per heavy atom. The molecular formula is C22H23NO5. The van der Waals surface area contributed by atoms with Gasteiger partial charge in [0.2, 0.25) is 5.78 Å². The number of carbonyl (C=O) groups excluding carboxylic acids is 2. The molecule has 1 N–H and O–H groups in total. The van der Waals surface area contributed by atoms with Gasteiger partial charge in [-0.05, 0) is 45.0 Å². The topological polar surface area (TPSA) is 77.6 Å². The molecule has 1 heterocycles. The largest absolute Gasteiger partial charge is 0.493 e. The van der Waals surface area contributed by atoms with Crippen LogP contribution in [0.25, 0.3) is 10.9 Å². The van der Waals surface area contributed by atoms with Crippen LogP contribution in [0.2, 0.25) is 0 Å². The van der Waals surface area contributed by atoms with Crippen LogP contribution in [-0.4, -0.2) is 36.6 Å². The maximum Gasteiger partial charge on any atom is 0.338 e. The van der Waals surface area contributed by atoms with E-state index in [0.717, 1.165) is 16.6 Å². The molecule has 0 amide bonds. The lowest BCUT2D eigenvalue weighted by atomic mass is 10.1. The molecule has 3 rings (SSSR count). The molecule has 0 spiro atoms. The van der Waals surface area contributed by atoms with Gasteiger partial charge in [0.1, 0.15) is 0 Å². The van der Waals surface area contributed by atoms with Gasteiger partial charge in [-0.2, -0.15) is 0 Å². The molecule has 0 unspecified atom stereocenters. The van der Waals surface area contributed by atoms with Crippen LogP contribution in [0.5, 0.6) is 11.5 Å². The maximum absolute atomic E-state index is 12.6. The molecule has 0 aliphatic carbocycles. The van der Waals surface area contributed by atoms with Crippen molar-refractivity contribution in [3.05, 3.63) is 59.3 Å². The fraction of sp³-hybridized carbons (Fsp3) is 0.273. The van der Waals surface area contributed by atoms with E-state index in [1.54, 1.807) is 18.2 Å². The summed E-state index contributed by atoms with van der Waals surface area (Å²) in [4.78, 5) is 28.2. The monoisotopic (exact) mass is 381 g/mol. The molecule has 1 aromatic heterocycles. The smallest absolute Gasteiger partial charge is 0.338 e. The summed E-state index contributed by atoms with van der Waals surface area (Å²) in [6.07, 6.45) is -0.0243. The minimum absolute atomic E-state index is 0.0243. The van der Waals surface area contributed by atoms with E-state index in [1.165, 1.54) is 7.11 Å². The zero-order valence-corrected chi connectivity index (χ0v) is 16.4. The van der Waals surface area contributed by atoms with Crippen molar-refractivity contribution in [3.63, 3.8) is 0 Å². The third-order valence-electron chi connectivity index (χ3n) is 4.27. The SMILES string of the molecule is COc1cc(C(=O)OCC(=O)c2c(C)[nH]c3ccccc23)ccc1OC(C)C. The van der Waals surface area contributed by atoms with Crippen molar-refractivity contribution in [2.45, 2.75) is 26.9 Å². The number of para-hydroxylation sites is 1. The number of ether oxygens (including phenoxy) is 3. The highest BCUT2D eigenvalue weighted by atomic mass is 16.5. The summed E-state index contributed by atoms with van der Waals surface area (Å²) in [5.74, 6) is 0.122. The third kappa shape index (κ3) is 4.01. The van der Waals surface area contributed by atoms with Crippen LogP contribution in [0.15, 0.2) is 42.5 Å². The van der Waals surface area contributed by atoms with E-state index in [1.807, 2.05) is 45.0 Å². The van der Waals surface area contributed by atoms with Crippen molar-refractivity contribution >= 4 is 22.7 Å². The average molecular weight is 381 g/mol. The number of benzene rings is 2. The first kappa shape index (κ1) is 19.5. The Morgan fingerprint density at radius 1 is 1.07 bits per heavy atom. The Balaban J connectivity index is 1.73. The molecule has 0 atom stereocenters. The lowest BCUT2D eigenvalue weighted by Crippen LogP contribution is -2.15. The predicted octanol–water partition coefficient (Wildman–Crippen LogP) is 4.31. The van der Waals surface area contributed by atoms with Crippen molar-refractivity contribution in [3.8, 4) is 11.5 Å². The number of hydrogen-bond donors (Lipinski definition) is 1. The fourth-order valence-electron chi connectivity index (χ4n) is 3.07. The summed E-state index contributed by atoms with van der Waals surface area (Å²) in [6, 6.07) is 12.3. The lowest BCUT2D eigenvalue weighted by molar-refractivity contribution is 0.0474. The van der Waals surface area contributed by atoms with Crippen LogP contribution in [0, 0.1) is 6.92 Å². The number of aryl methyl sites for hydroxylation is 1. The summed E-state index contributed by atoms with van der Waals surface area (Å²) in [5.41, 5.74) is 2.46. The van der Waals surface area contributed by atoms with Crippen molar-refractivity contribution < 1.29 is 23.8 Å². The molecule has 3 aromatic rings. The Kier molecular flexibility index (Phi) is 5.68. The zero-order valence-electron chi connectivity index (χ0n) is 16.4. The van der Waals surface area contributed by atoms with E-state index < -0.39 is 5.97 Å². The number of methoxy groups -OCH3 is 1. The van der Waals surface area contributed by atoms with Crippen molar-refractivity contribution in [1.82, 2.24) is 4.98 Å². The number of rotatable bonds is 7. The first-order chi connectivity index (χ1) is 13.4. The summed E-state index contributed by atoms with van der Waals surface area (Å²) >= 11 is 0. The number of Topliss-reactive ketones (excluding diaryl/α,β-unsaturated/α-hetero) is 1. The van der Waals surface area contributed by atoms with Gasteiger partial charge in [-0.1, -0.05) is 18.2 Å². The third-order valence-corrected chi connectivity index (χ3v) is 4.27. The van der Waals surface area contributed by atoms with Crippen LogP contribution in [0.3, 0.4) is 0 Å². The molecule has 0 aliphatic rings. The number of H-pyrrole nitrogens is 1. The van der Waals surface area contributed by atoms with Gasteiger partial charge in [-0.15, -0.1) is 0 Å². The van der Waals surface area contributed by atoms with E-state index in [-0.39, 0.29) is 24.1 Å². The second-order valence-electron chi connectivity index (χ2n) is 6.70. The minimum Gasteiger partial charge on any atom is -0.493 e. The highest BCUT2D eigenvalue weighted by molar-refractivity contribution is 6.10. The van der Waals surface area contributed by atoms with E-state index in [2.05, 4.69) is 4.98 Å². The van der Waals surface area contributed by atoms with E-state index in [9.17, 15) is 9.59 Å². The van der Waals surface area contributed by atoms with Crippen molar-refractivity contribution in [1.29, 1.82) is 0 Å². The van der Waals surface area contributed by atoms with Crippen molar-refractivity contribution in [2.24, 2.45) is 0 Å². The molecule has 28 heavy (non-hydrogen) atoms. The van der Waals surface area contributed by atoms with Gasteiger partial charge < -0.3 is 19.2 Å². The molecule has 0 fully saturated rings. The fourth-order valence-corrected chi connectivity index (χ4v) is 3.07. The lowest BCUT2D eigenvalue weighted by Gasteiger charge is -2.14. The van der Waals surface area contributed by atoms with Crippen LogP contribution in [0.4, 0.5) is 0 Å². The number of fused-ring (bicyclic) bond motifs is 1. The number of nitrogens with one attached hydrogen (secondary N) is 1. The van der Waals surface area contributed by atoms with Gasteiger partial charge in [-0.3, -0.25) is 4.79 Å². The molecule has 6 nitrogen and oxygen atoms in total. The maximum atomic E-state index is 12.6. The Morgan fingerprint density at radius 3 is 2.54 bits per heavy atom. The highest BCUT2D eigenvalue weighted by Gasteiger charge is 2.19. The molecular weight excluding hydrogens is 358 g/mol. The molecule has 2 aromatic carbocycles. The van der Waals surface area contributed by atoms with Gasteiger partial charge in [0.15, 0.2) is 18.1 Å². The van der Waals surface area contributed by atoms with Crippen LogP contribution >= 0.6 is 0 Å². The van der Waals surface area contributed by atoms with Crippen LogP contribution in [-0.2, 0) is 4.74 Å². The Hall–Kier alpha value is -3.28. The van der Waals surface area contributed by atoms with Gasteiger partial charge in [0.25, 0.3) is 0 Å². The number of esters is 1. The number of aromatic nitrogens is 1. The van der Waals surface area contributed by atoms with Gasteiger partial charge in [-0.25, -0.2) is 4.79 Å². The molecule has 0 radical (unpaired) electrons. The molecule has 6 heteroatoms. The van der Waals surface area contributed by atoms with Crippen LogP contribution < -0.4 is 9.47 Å². The normalized spacial score (nSPS) is 10.9. The van der Waals surface area contributed by atoms with Gasteiger partial charge in [0, 0.05) is 22.2 Å². The molecule has 0 aliphatic heterocycles. The Labute approximate surface area is 163 Å². The van der Waals surface area contributed by atoms with E-state index >= 15 is 0 Å². The standard InChI is InChI=1S/C22H23NO5/c1-13(2)28-19-10-9-15(11-20(19)26-4)22(25)27-12-18(24)21-14(3)23-17-8-6-5-7-16(17)21/h5-11,13,23H,12H2,1-4H3. The quantitative estimate of drug-likeness (QED) is 0.487. The molecule has 0 saturated carbocycles. The first-order valence-corrected chi connectivity index (χ1v) is 9.03. The van der Waals surface area contributed by atoms with Gasteiger partial charge in [0.05, 0.1) is 18.8 Å². The number of aromatic amines is 1. The van der Waals surface area contributed by atoms with Crippen molar-refractivity contribution in [2.75, 3.05) is 13.7 Å². The summed E-state index contributed by atoms with van der Waals surface area (Å²) in [7, 11) is 1.50. The van der Waals surface area contributed by atoms with Gasteiger partial charge >= 0.3 is 5.97 Å². The highest BCUT2D eigenvalue weighted by Crippen LogP contribution is 2.29. The number of ketones is 1. The Bertz CT molecular complexity index is 1020. The van der Waals surface area contributed by atoms with E-state index in [0.29, 0.717) is 17.1 Å². The number of hydrogen-bond acceptors (Lipinski definition) is 5. The average Bonchev–Trinajstić information content (AvgIpc) is 3.01. The second kappa shape index (κ2) is 8.17. The summed E-state index contributed by atoms with van der Waals surface area (Å²) in [6.45, 7) is 5.29. The second-order valence-corrected chi connectivity index (χ2v) is 6.70. The first-order valence-electron chi connectivity index (χ1n) is 9.03.